The zero-order valence-electron chi connectivity index (χ0n) is 12.1. The van der Waals surface area contributed by atoms with Crippen LogP contribution in [0.1, 0.15) is 21.5 Å². The lowest BCUT2D eigenvalue weighted by molar-refractivity contribution is -0.384. The summed E-state index contributed by atoms with van der Waals surface area (Å²) in [5.41, 5.74) is 2.60. The van der Waals surface area contributed by atoms with Crippen molar-refractivity contribution in [3.8, 4) is 0 Å². The van der Waals surface area contributed by atoms with Gasteiger partial charge in [0.25, 0.3) is 5.69 Å². The van der Waals surface area contributed by atoms with Crippen molar-refractivity contribution in [3.05, 3.63) is 69.3 Å². The molecule has 0 aromatic heterocycles. The smallest absolute Gasteiger partial charge is 0.337 e. The van der Waals surface area contributed by atoms with Crippen molar-refractivity contribution in [2.75, 3.05) is 7.11 Å². The van der Waals surface area contributed by atoms with Crippen LogP contribution in [0.2, 0.25) is 0 Å². The SMILES string of the molecule is COC(=O)c1ccc(C=Nc2cc([N+](=O)[O-])ccc2C)cc1. The summed E-state index contributed by atoms with van der Waals surface area (Å²) in [6.07, 6.45) is 1.59. The standard InChI is InChI=1S/C16H14N2O4/c1-11-3-8-14(18(20)21)9-15(11)17-10-12-4-6-13(7-5-12)16(19)22-2/h3-10H,1-2H3. The van der Waals surface area contributed by atoms with Crippen molar-refractivity contribution in [2.45, 2.75) is 6.92 Å². The largest absolute Gasteiger partial charge is 0.465 e. The lowest BCUT2D eigenvalue weighted by Crippen LogP contribution is -2.00. The molecule has 0 N–H and O–H groups in total. The molecule has 0 atom stereocenters. The third-order valence-corrected chi connectivity index (χ3v) is 3.09. The van der Waals surface area contributed by atoms with Crippen LogP contribution in [0, 0.1) is 17.0 Å². The molecular weight excluding hydrogens is 284 g/mol. The number of aryl methyl sites for hydroxylation is 1. The number of methoxy groups -OCH3 is 1. The highest BCUT2D eigenvalue weighted by atomic mass is 16.6. The summed E-state index contributed by atoms with van der Waals surface area (Å²) in [7, 11) is 1.32. The maximum atomic E-state index is 11.3. The van der Waals surface area contributed by atoms with Gasteiger partial charge in [0.2, 0.25) is 0 Å². The van der Waals surface area contributed by atoms with Gasteiger partial charge in [0.1, 0.15) is 0 Å². The van der Waals surface area contributed by atoms with Crippen molar-refractivity contribution in [1.29, 1.82) is 0 Å². The monoisotopic (exact) mass is 298 g/mol. The fraction of sp³-hybridized carbons (Fsp3) is 0.125. The van der Waals surface area contributed by atoms with Gasteiger partial charge in [-0.15, -0.1) is 0 Å². The fourth-order valence-electron chi connectivity index (χ4n) is 1.82. The first-order chi connectivity index (χ1) is 10.5. The summed E-state index contributed by atoms with van der Waals surface area (Å²) in [5.74, 6) is -0.405. The molecule has 0 aliphatic heterocycles. The Morgan fingerprint density at radius 1 is 1.23 bits per heavy atom. The van der Waals surface area contributed by atoms with Gasteiger partial charge in [0.05, 0.1) is 23.3 Å². The Hall–Kier alpha value is -3.02. The summed E-state index contributed by atoms with van der Waals surface area (Å²) < 4.78 is 4.62. The van der Waals surface area contributed by atoms with E-state index in [0.29, 0.717) is 11.3 Å². The highest BCUT2D eigenvalue weighted by Gasteiger charge is 2.07. The predicted molar refractivity (Wildman–Crippen MR) is 82.9 cm³/mol. The second-order valence-electron chi connectivity index (χ2n) is 4.60. The van der Waals surface area contributed by atoms with E-state index in [1.807, 2.05) is 6.92 Å². The molecule has 0 saturated carbocycles. The number of rotatable bonds is 4. The molecule has 0 amide bonds. The lowest BCUT2D eigenvalue weighted by atomic mass is 10.1. The lowest BCUT2D eigenvalue weighted by Gasteiger charge is -2.01. The molecule has 22 heavy (non-hydrogen) atoms. The number of hydrogen-bond acceptors (Lipinski definition) is 5. The first kappa shape index (κ1) is 15.4. The number of aliphatic imine (C=N–C) groups is 1. The maximum Gasteiger partial charge on any atom is 0.337 e. The summed E-state index contributed by atoms with van der Waals surface area (Å²) >= 11 is 0. The Morgan fingerprint density at radius 2 is 1.91 bits per heavy atom. The quantitative estimate of drug-likeness (QED) is 0.375. The molecule has 0 heterocycles. The van der Waals surface area contributed by atoms with Gasteiger partial charge in [0, 0.05) is 18.3 Å². The predicted octanol–water partition coefficient (Wildman–Crippen LogP) is 3.44. The van der Waals surface area contributed by atoms with Crippen LogP contribution in [0.5, 0.6) is 0 Å². The molecule has 2 aromatic carbocycles. The molecular formula is C16H14N2O4. The minimum Gasteiger partial charge on any atom is -0.465 e. The van der Waals surface area contributed by atoms with Crippen molar-refractivity contribution in [3.63, 3.8) is 0 Å². The zero-order valence-corrected chi connectivity index (χ0v) is 12.1. The molecule has 6 heteroatoms. The second kappa shape index (κ2) is 6.62. The van der Waals surface area contributed by atoms with Crippen LogP contribution in [0.25, 0.3) is 0 Å². The molecule has 0 aliphatic carbocycles. The van der Waals surface area contributed by atoms with Crippen LogP contribution in [-0.2, 0) is 4.74 Å². The highest BCUT2D eigenvalue weighted by Crippen LogP contribution is 2.24. The Kier molecular flexibility index (Phi) is 4.63. The Bertz CT molecular complexity index is 736. The van der Waals surface area contributed by atoms with Crippen molar-refractivity contribution in [1.82, 2.24) is 0 Å². The van der Waals surface area contributed by atoms with E-state index < -0.39 is 10.9 Å². The van der Waals surface area contributed by atoms with Crippen molar-refractivity contribution >= 4 is 23.6 Å². The van der Waals surface area contributed by atoms with E-state index >= 15 is 0 Å². The number of nitro groups is 1. The number of esters is 1. The second-order valence-corrected chi connectivity index (χ2v) is 4.60. The molecule has 2 rings (SSSR count). The van der Waals surface area contributed by atoms with E-state index in [0.717, 1.165) is 11.1 Å². The topological polar surface area (TPSA) is 81.8 Å². The van der Waals surface area contributed by atoms with E-state index in [1.54, 1.807) is 36.5 Å². The van der Waals surface area contributed by atoms with Crippen molar-refractivity contribution < 1.29 is 14.5 Å². The minimum absolute atomic E-state index is 0.00112. The highest BCUT2D eigenvalue weighted by molar-refractivity contribution is 5.91. The molecule has 0 radical (unpaired) electrons. The number of ether oxygens (including phenoxy) is 1. The summed E-state index contributed by atoms with van der Waals surface area (Å²) in [6, 6.07) is 11.2. The van der Waals surface area contributed by atoms with Crippen LogP contribution in [0.15, 0.2) is 47.5 Å². The summed E-state index contributed by atoms with van der Waals surface area (Å²) in [5, 5.41) is 10.8. The number of hydrogen-bond donors (Lipinski definition) is 0. The fourth-order valence-corrected chi connectivity index (χ4v) is 1.82. The van der Waals surface area contributed by atoms with Crippen LogP contribution >= 0.6 is 0 Å². The third kappa shape index (κ3) is 3.54. The number of carbonyl (C=O) groups is 1. The molecule has 0 spiro atoms. The molecule has 0 saturated heterocycles. The molecule has 0 fully saturated rings. The van der Waals surface area contributed by atoms with Crippen LogP contribution < -0.4 is 0 Å². The summed E-state index contributed by atoms with van der Waals surface area (Å²) in [6.45, 7) is 1.83. The van der Waals surface area contributed by atoms with Gasteiger partial charge in [0.15, 0.2) is 0 Å². The Labute approximate surface area is 127 Å². The van der Waals surface area contributed by atoms with E-state index in [1.165, 1.54) is 19.2 Å². The van der Waals surface area contributed by atoms with E-state index in [9.17, 15) is 14.9 Å². The average Bonchev–Trinajstić information content (AvgIpc) is 2.53. The van der Waals surface area contributed by atoms with E-state index in [2.05, 4.69) is 9.73 Å². The van der Waals surface area contributed by atoms with Gasteiger partial charge >= 0.3 is 5.97 Å². The Morgan fingerprint density at radius 3 is 2.50 bits per heavy atom. The Balaban J connectivity index is 2.23. The van der Waals surface area contributed by atoms with Gasteiger partial charge in [-0.1, -0.05) is 18.2 Å². The number of benzene rings is 2. The van der Waals surface area contributed by atoms with Gasteiger partial charge in [-0.05, 0) is 30.2 Å². The molecule has 0 bridgehead atoms. The summed E-state index contributed by atoms with van der Waals surface area (Å²) in [4.78, 5) is 25.9. The van der Waals surface area contributed by atoms with Gasteiger partial charge in [-0.2, -0.15) is 0 Å². The molecule has 6 nitrogen and oxygen atoms in total. The zero-order chi connectivity index (χ0) is 16.1. The number of nitro benzene ring substituents is 1. The molecule has 0 unspecified atom stereocenters. The number of non-ortho nitro benzene ring substituents is 1. The first-order valence-corrected chi connectivity index (χ1v) is 6.49. The van der Waals surface area contributed by atoms with Gasteiger partial charge in [-0.3, -0.25) is 15.1 Å². The normalized spacial score (nSPS) is 10.6. The van der Waals surface area contributed by atoms with Crippen LogP contribution in [-0.4, -0.2) is 24.2 Å². The number of nitrogens with zero attached hydrogens (tertiary/aromatic N) is 2. The maximum absolute atomic E-state index is 11.3. The van der Waals surface area contributed by atoms with E-state index in [-0.39, 0.29) is 5.69 Å². The van der Waals surface area contributed by atoms with E-state index in [4.69, 9.17) is 0 Å². The number of carbonyl (C=O) groups excluding carboxylic acids is 1. The van der Waals surface area contributed by atoms with Crippen LogP contribution in [0.4, 0.5) is 11.4 Å². The van der Waals surface area contributed by atoms with Gasteiger partial charge in [-0.25, -0.2) is 4.79 Å². The third-order valence-electron chi connectivity index (χ3n) is 3.09. The average molecular weight is 298 g/mol. The molecule has 2 aromatic rings. The molecule has 112 valence electrons. The molecule has 0 aliphatic rings. The van der Waals surface area contributed by atoms with Crippen molar-refractivity contribution in [2.24, 2.45) is 4.99 Å². The first-order valence-electron chi connectivity index (χ1n) is 6.49. The van der Waals surface area contributed by atoms with Crippen LogP contribution in [0.3, 0.4) is 0 Å². The minimum atomic E-state index is -0.455. The van der Waals surface area contributed by atoms with Gasteiger partial charge < -0.3 is 4.74 Å².